The first-order chi connectivity index (χ1) is 14.5. The van der Waals surface area contributed by atoms with Crippen LogP contribution in [0.25, 0.3) is 10.6 Å². The van der Waals surface area contributed by atoms with Gasteiger partial charge in [0.2, 0.25) is 11.0 Å². The molecular formula is C20H17BrFN5O2S. The van der Waals surface area contributed by atoms with Crippen molar-refractivity contribution in [3.05, 3.63) is 58.8 Å². The zero-order valence-corrected chi connectivity index (χ0v) is 18.0. The third kappa shape index (κ3) is 4.49. The highest BCUT2D eigenvalue weighted by molar-refractivity contribution is 9.10. The molecule has 7 nitrogen and oxygen atoms in total. The van der Waals surface area contributed by atoms with Crippen LogP contribution in [0.2, 0.25) is 0 Å². The summed E-state index contributed by atoms with van der Waals surface area (Å²) in [4.78, 5) is 26.8. The first-order valence-corrected chi connectivity index (χ1v) is 10.8. The summed E-state index contributed by atoms with van der Waals surface area (Å²) in [7, 11) is 0. The molecule has 3 aromatic rings. The van der Waals surface area contributed by atoms with Gasteiger partial charge < -0.3 is 10.2 Å². The maximum atomic E-state index is 13.8. The molecule has 10 heteroatoms. The molecule has 1 fully saturated rings. The third-order valence-corrected chi connectivity index (χ3v) is 6.09. The number of hydrogen-bond acceptors (Lipinski definition) is 5. The molecule has 2 N–H and O–H groups in total. The fourth-order valence-corrected chi connectivity index (χ4v) is 4.22. The largest absolute Gasteiger partial charge is 0.322 e. The van der Waals surface area contributed by atoms with Gasteiger partial charge in [-0.1, -0.05) is 51.5 Å². The SMILES string of the molecule is O=C(Nc1nnc(-c2ccc(Br)cc2)s1)C1CCCN1C(=O)Nc1ccccc1F. The number of amides is 3. The lowest BCUT2D eigenvalue weighted by Crippen LogP contribution is -2.45. The zero-order valence-electron chi connectivity index (χ0n) is 15.6. The van der Waals surface area contributed by atoms with Crippen molar-refractivity contribution in [3.63, 3.8) is 0 Å². The molecule has 0 spiro atoms. The lowest BCUT2D eigenvalue weighted by atomic mass is 10.2. The molecule has 3 amide bonds. The predicted octanol–water partition coefficient (Wildman–Crippen LogP) is 4.74. The van der Waals surface area contributed by atoms with Crippen molar-refractivity contribution in [3.8, 4) is 10.6 Å². The second kappa shape index (κ2) is 8.88. The number of benzene rings is 2. The molecule has 4 rings (SSSR count). The smallest absolute Gasteiger partial charge is 0.312 e. The number of halogens is 2. The van der Waals surface area contributed by atoms with Gasteiger partial charge in [0.1, 0.15) is 16.9 Å². The number of para-hydroxylation sites is 1. The Morgan fingerprint density at radius 3 is 2.63 bits per heavy atom. The number of aromatic nitrogens is 2. The van der Waals surface area contributed by atoms with Crippen molar-refractivity contribution in [2.45, 2.75) is 18.9 Å². The van der Waals surface area contributed by atoms with Crippen LogP contribution in [-0.2, 0) is 4.79 Å². The number of anilines is 2. The Labute approximate surface area is 184 Å². The van der Waals surface area contributed by atoms with E-state index in [-0.39, 0.29) is 11.6 Å². The van der Waals surface area contributed by atoms with Crippen LogP contribution in [0.5, 0.6) is 0 Å². The number of likely N-dealkylation sites (tertiary alicyclic amines) is 1. The number of rotatable bonds is 4. The lowest BCUT2D eigenvalue weighted by Gasteiger charge is -2.23. The van der Waals surface area contributed by atoms with Gasteiger partial charge >= 0.3 is 6.03 Å². The van der Waals surface area contributed by atoms with E-state index in [0.29, 0.717) is 29.5 Å². The maximum Gasteiger partial charge on any atom is 0.322 e. The predicted molar refractivity (Wildman–Crippen MR) is 117 cm³/mol. The number of carbonyl (C=O) groups excluding carboxylic acids is 2. The van der Waals surface area contributed by atoms with Crippen molar-refractivity contribution in [1.29, 1.82) is 0 Å². The normalized spacial score (nSPS) is 15.8. The van der Waals surface area contributed by atoms with E-state index in [2.05, 4.69) is 36.8 Å². The van der Waals surface area contributed by atoms with Crippen LogP contribution in [0, 0.1) is 5.82 Å². The van der Waals surface area contributed by atoms with Gasteiger partial charge in [-0.15, -0.1) is 10.2 Å². The molecule has 30 heavy (non-hydrogen) atoms. The highest BCUT2D eigenvalue weighted by Gasteiger charge is 2.34. The van der Waals surface area contributed by atoms with Gasteiger partial charge in [0, 0.05) is 16.6 Å². The number of nitrogens with zero attached hydrogens (tertiary/aromatic N) is 3. The van der Waals surface area contributed by atoms with E-state index in [1.807, 2.05) is 24.3 Å². The van der Waals surface area contributed by atoms with Gasteiger partial charge in [0.05, 0.1) is 5.69 Å². The summed E-state index contributed by atoms with van der Waals surface area (Å²) in [6, 6.07) is 12.4. The van der Waals surface area contributed by atoms with Crippen molar-refractivity contribution in [1.82, 2.24) is 15.1 Å². The van der Waals surface area contributed by atoms with Crippen LogP contribution >= 0.6 is 27.3 Å². The quantitative estimate of drug-likeness (QED) is 0.553. The summed E-state index contributed by atoms with van der Waals surface area (Å²) in [5.74, 6) is -0.866. The summed E-state index contributed by atoms with van der Waals surface area (Å²) in [5.41, 5.74) is 0.972. The lowest BCUT2D eigenvalue weighted by molar-refractivity contribution is -0.119. The summed E-state index contributed by atoms with van der Waals surface area (Å²) >= 11 is 4.64. The first-order valence-electron chi connectivity index (χ1n) is 9.24. The monoisotopic (exact) mass is 489 g/mol. The Hall–Kier alpha value is -2.85. The van der Waals surface area contributed by atoms with Gasteiger partial charge in [-0.3, -0.25) is 10.1 Å². The fourth-order valence-electron chi connectivity index (χ4n) is 3.20. The minimum atomic E-state index is -0.656. The van der Waals surface area contributed by atoms with Crippen molar-refractivity contribution >= 4 is 50.0 Å². The molecule has 1 saturated heterocycles. The highest BCUT2D eigenvalue weighted by atomic mass is 79.9. The Kier molecular flexibility index (Phi) is 6.05. The molecule has 2 heterocycles. The molecule has 154 valence electrons. The van der Waals surface area contributed by atoms with Crippen LogP contribution in [0.1, 0.15) is 12.8 Å². The second-order valence-corrected chi connectivity index (χ2v) is 8.56. The number of nitrogens with one attached hydrogen (secondary N) is 2. The van der Waals surface area contributed by atoms with E-state index in [9.17, 15) is 14.0 Å². The molecule has 1 atom stereocenters. The standard InChI is InChI=1S/C20H17BrFN5O2S/c21-13-9-7-12(8-10-13)18-25-26-19(30-18)24-17(28)16-6-3-11-27(16)20(29)23-15-5-2-1-4-14(15)22/h1-2,4-5,7-10,16H,3,6,11H2,(H,23,29)(H,24,26,28). The topological polar surface area (TPSA) is 87.2 Å². The Morgan fingerprint density at radius 1 is 1.10 bits per heavy atom. The molecule has 1 unspecified atom stereocenters. The van der Waals surface area contributed by atoms with Gasteiger partial charge in [0.15, 0.2) is 0 Å². The average Bonchev–Trinajstić information content (AvgIpc) is 3.40. The fraction of sp³-hybridized carbons (Fsp3) is 0.200. The van der Waals surface area contributed by atoms with E-state index >= 15 is 0 Å². The third-order valence-electron chi connectivity index (χ3n) is 4.68. The molecular weight excluding hydrogens is 473 g/mol. The molecule has 1 aromatic heterocycles. The van der Waals surface area contributed by atoms with Gasteiger partial charge in [-0.05, 0) is 37.1 Å². The molecule has 0 bridgehead atoms. The Bertz CT molecular complexity index is 1080. The van der Waals surface area contributed by atoms with E-state index < -0.39 is 17.9 Å². The van der Waals surface area contributed by atoms with E-state index in [1.165, 1.54) is 28.4 Å². The highest BCUT2D eigenvalue weighted by Crippen LogP contribution is 2.28. The van der Waals surface area contributed by atoms with Crippen LogP contribution in [0.3, 0.4) is 0 Å². The molecule has 1 aliphatic heterocycles. The first kappa shape index (κ1) is 20.4. The maximum absolute atomic E-state index is 13.8. The van der Waals surface area contributed by atoms with Crippen molar-refractivity contribution in [2.75, 3.05) is 17.2 Å². The molecule has 0 aliphatic carbocycles. The van der Waals surface area contributed by atoms with Gasteiger partial charge in [-0.2, -0.15) is 0 Å². The zero-order chi connectivity index (χ0) is 21.1. The van der Waals surface area contributed by atoms with Crippen LogP contribution in [0.4, 0.5) is 20.0 Å². The van der Waals surface area contributed by atoms with Crippen LogP contribution in [-0.4, -0.2) is 39.6 Å². The van der Waals surface area contributed by atoms with Crippen LogP contribution in [0.15, 0.2) is 53.0 Å². The summed E-state index contributed by atoms with van der Waals surface area (Å²) in [5, 5.41) is 14.5. The molecule has 0 radical (unpaired) electrons. The summed E-state index contributed by atoms with van der Waals surface area (Å²) < 4.78 is 14.8. The summed E-state index contributed by atoms with van der Waals surface area (Å²) in [6.45, 7) is 0.415. The average molecular weight is 490 g/mol. The Morgan fingerprint density at radius 2 is 1.87 bits per heavy atom. The van der Waals surface area contributed by atoms with E-state index in [1.54, 1.807) is 12.1 Å². The van der Waals surface area contributed by atoms with Crippen molar-refractivity contribution in [2.24, 2.45) is 0 Å². The number of hydrogen-bond donors (Lipinski definition) is 2. The Balaban J connectivity index is 1.42. The van der Waals surface area contributed by atoms with Gasteiger partial charge in [0.25, 0.3) is 0 Å². The number of carbonyl (C=O) groups is 2. The van der Waals surface area contributed by atoms with Crippen LogP contribution < -0.4 is 10.6 Å². The molecule has 0 saturated carbocycles. The molecule has 1 aliphatic rings. The molecule has 2 aromatic carbocycles. The van der Waals surface area contributed by atoms with Crippen molar-refractivity contribution < 1.29 is 14.0 Å². The summed E-state index contributed by atoms with van der Waals surface area (Å²) in [6.07, 6.45) is 1.21. The second-order valence-electron chi connectivity index (χ2n) is 6.67. The number of urea groups is 1. The van der Waals surface area contributed by atoms with E-state index in [4.69, 9.17) is 0 Å². The minimum Gasteiger partial charge on any atom is -0.312 e. The van der Waals surface area contributed by atoms with Gasteiger partial charge in [-0.25, -0.2) is 9.18 Å². The minimum absolute atomic E-state index is 0.0804. The van der Waals surface area contributed by atoms with E-state index in [0.717, 1.165) is 10.0 Å².